The van der Waals surface area contributed by atoms with Crippen LogP contribution in [0.15, 0.2) is 60.7 Å². The zero-order chi connectivity index (χ0) is 24.2. The van der Waals surface area contributed by atoms with Crippen LogP contribution in [-0.4, -0.2) is 23.5 Å². The number of carbonyl (C=O) groups is 2. The largest absolute Gasteiger partial charge is 0.388 e. The Bertz CT molecular complexity index is 1220. The first-order valence-electron chi connectivity index (χ1n) is 11.6. The maximum absolute atomic E-state index is 13.7. The summed E-state index contributed by atoms with van der Waals surface area (Å²) in [5.41, 5.74) is 6.44. The van der Waals surface area contributed by atoms with E-state index in [2.05, 4.69) is 27.9 Å². The molecule has 4 rings (SSSR count). The molecule has 0 bridgehead atoms. The summed E-state index contributed by atoms with van der Waals surface area (Å²) in [4.78, 5) is 28.3. The monoisotopic (exact) mass is 568 g/mol. The molecule has 1 heterocycles. The topological polar surface area (TPSA) is 69.6 Å². The molecule has 3 aromatic carbocycles. The van der Waals surface area contributed by atoms with Crippen molar-refractivity contribution in [2.24, 2.45) is 0 Å². The van der Waals surface area contributed by atoms with Crippen molar-refractivity contribution in [2.45, 2.75) is 43.6 Å². The molecule has 2 N–H and O–H groups in total. The summed E-state index contributed by atoms with van der Waals surface area (Å²) >= 11 is 2.31. The number of aryl methyl sites for hydroxylation is 2. The molecule has 0 aliphatic carbocycles. The number of benzene rings is 3. The van der Waals surface area contributed by atoms with Gasteiger partial charge in [0.05, 0.1) is 6.10 Å². The Morgan fingerprint density at radius 1 is 1.09 bits per heavy atom. The van der Waals surface area contributed by atoms with E-state index < -0.39 is 6.10 Å². The standard InChI is InChI=1S/C28H29IN2O3/c1-3-20-16-21(30-27(33)22-8-5-4-7-18(22)2)11-12-23(20)28(34)31-14-6-9-26(32)24-15-19(17-29)10-13-25(24)31/h4-5,7-8,10-13,15-16,26,32H,3,6,9,14,17H2,1-2H3,(H,30,33). The molecule has 3 aromatic rings. The highest BCUT2D eigenvalue weighted by Gasteiger charge is 2.27. The Kier molecular flexibility index (Phi) is 7.68. The fourth-order valence-electron chi connectivity index (χ4n) is 4.47. The number of halogens is 1. The molecule has 1 unspecified atom stereocenters. The summed E-state index contributed by atoms with van der Waals surface area (Å²) in [5.74, 6) is -0.244. The van der Waals surface area contributed by atoms with E-state index in [0.29, 0.717) is 36.2 Å². The van der Waals surface area contributed by atoms with Crippen LogP contribution >= 0.6 is 22.6 Å². The number of hydrogen-bond donors (Lipinski definition) is 2. The zero-order valence-electron chi connectivity index (χ0n) is 19.5. The Morgan fingerprint density at radius 2 is 1.88 bits per heavy atom. The van der Waals surface area contributed by atoms with E-state index >= 15 is 0 Å². The molecule has 1 aliphatic heterocycles. The van der Waals surface area contributed by atoms with Gasteiger partial charge in [-0.1, -0.05) is 59.8 Å². The molecule has 0 aromatic heterocycles. The van der Waals surface area contributed by atoms with Gasteiger partial charge in [-0.3, -0.25) is 9.59 Å². The van der Waals surface area contributed by atoms with Gasteiger partial charge in [-0.15, -0.1) is 0 Å². The predicted molar refractivity (Wildman–Crippen MR) is 145 cm³/mol. The lowest BCUT2D eigenvalue weighted by atomic mass is 10.0. The van der Waals surface area contributed by atoms with Crippen molar-refractivity contribution in [3.05, 3.63) is 94.0 Å². The minimum atomic E-state index is -0.569. The van der Waals surface area contributed by atoms with Crippen molar-refractivity contribution >= 4 is 45.8 Å². The fourth-order valence-corrected chi connectivity index (χ4v) is 4.95. The van der Waals surface area contributed by atoms with Crippen LogP contribution in [0.4, 0.5) is 11.4 Å². The quantitative estimate of drug-likeness (QED) is 0.284. The highest BCUT2D eigenvalue weighted by atomic mass is 127. The van der Waals surface area contributed by atoms with Gasteiger partial charge in [-0.25, -0.2) is 0 Å². The van der Waals surface area contributed by atoms with Crippen LogP contribution in [0.3, 0.4) is 0 Å². The van der Waals surface area contributed by atoms with Gasteiger partial charge in [0.1, 0.15) is 0 Å². The minimum absolute atomic E-state index is 0.0776. The fraction of sp³-hybridized carbons (Fsp3) is 0.286. The van der Waals surface area contributed by atoms with E-state index in [4.69, 9.17) is 0 Å². The number of aliphatic hydroxyl groups excluding tert-OH is 1. The molecule has 176 valence electrons. The number of nitrogens with one attached hydrogen (secondary N) is 1. The summed E-state index contributed by atoms with van der Waals surface area (Å²) in [6, 6.07) is 18.9. The Balaban J connectivity index is 1.63. The lowest BCUT2D eigenvalue weighted by molar-refractivity contribution is 0.0984. The van der Waals surface area contributed by atoms with Crippen LogP contribution in [0.5, 0.6) is 0 Å². The van der Waals surface area contributed by atoms with E-state index in [1.807, 2.05) is 56.3 Å². The van der Waals surface area contributed by atoms with Gasteiger partial charge < -0.3 is 15.3 Å². The molecule has 5 nitrogen and oxygen atoms in total. The maximum atomic E-state index is 13.7. The highest BCUT2D eigenvalue weighted by molar-refractivity contribution is 14.1. The van der Waals surface area contributed by atoms with Crippen LogP contribution in [0.1, 0.15) is 68.8 Å². The molecule has 0 spiro atoms. The molecule has 0 saturated carbocycles. The molecule has 1 atom stereocenters. The zero-order valence-corrected chi connectivity index (χ0v) is 21.6. The molecule has 0 saturated heterocycles. The normalized spacial score (nSPS) is 15.4. The van der Waals surface area contributed by atoms with Gasteiger partial charge in [0.2, 0.25) is 0 Å². The van der Waals surface area contributed by atoms with Gasteiger partial charge >= 0.3 is 0 Å². The number of anilines is 2. The summed E-state index contributed by atoms with van der Waals surface area (Å²) in [6.07, 6.45) is 1.45. The average Bonchev–Trinajstić information content (AvgIpc) is 3.02. The third-order valence-electron chi connectivity index (χ3n) is 6.36. The van der Waals surface area contributed by atoms with E-state index in [1.165, 1.54) is 0 Å². The summed E-state index contributed by atoms with van der Waals surface area (Å²) in [7, 11) is 0. The molecular weight excluding hydrogens is 539 g/mol. The lowest BCUT2D eigenvalue weighted by Crippen LogP contribution is -2.32. The molecular formula is C28H29IN2O3. The molecule has 2 amide bonds. The molecule has 0 radical (unpaired) electrons. The second-order valence-corrected chi connectivity index (χ2v) is 9.40. The smallest absolute Gasteiger partial charge is 0.258 e. The Hall–Kier alpha value is -2.71. The summed E-state index contributed by atoms with van der Waals surface area (Å²) in [5, 5.41) is 13.7. The van der Waals surface area contributed by atoms with Crippen LogP contribution in [0.2, 0.25) is 0 Å². The molecule has 1 aliphatic rings. The number of hydrogen-bond acceptors (Lipinski definition) is 3. The molecule has 6 heteroatoms. The van der Waals surface area contributed by atoms with Gasteiger partial charge in [-0.05, 0) is 73.2 Å². The van der Waals surface area contributed by atoms with Crippen molar-refractivity contribution in [1.29, 1.82) is 0 Å². The Labute approximate surface area is 214 Å². The van der Waals surface area contributed by atoms with Crippen molar-refractivity contribution in [2.75, 3.05) is 16.8 Å². The second-order valence-electron chi connectivity index (χ2n) is 8.64. The first-order valence-corrected chi connectivity index (χ1v) is 13.1. The first kappa shape index (κ1) is 24.4. The van der Waals surface area contributed by atoms with Crippen LogP contribution < -0.4 is 10.2 Å². The van der Waals surface area contributed by atoms with Gasteiger partial charge in [0.25, 0.3) is 11.8 Å². The number of rotatable bonds is 5. The van der Waals surface area contributed by atoms with Crippen molar-refractivity contribution in [3.8, 4) is 0 Å². The molecule has 0 fully saturated rings. The minimum Gasteiger partial charge on any atom is -0.388 e. The van der Waals surface area contributed by atoms with Crippen LogP contribution in [-0.2, 0) is 10.8 Å². The lowest BCUT2D eigenvalue weighted by Gasteiger charge is -2.25. The number of carbonyl (C=O) groups excluding carboxylic acids is 2. The van der Waals surface area contributed by atoms with E-state index in [9.17, 15) is 14.7 Å². The Morgan fingerprint density at radius 3 is 2.62 bits per heavy atom. The number of aliphatic hydroxyl groups is 1. The highest BCUT2D eigenvalue weighted by Crippen LogP contribution is 2.35. The average molecular weight is 568 g/mol. The van der Waals surface area contributed by atoms with E-state index in [-0.39, 0.29) is 11.8 Å². The van der Waals surface area contributed by atoms with E-state index in [0.717, 1.165) is 38.8 Å². The SMILES string of the molecule is CCc1cc(NC(=O)c2ccccc2C)ccc1C(=O)N1CCCC(O)c2cc(CI)ccc21. The number of amides is 2. The third-order valence-corrected chi connectivity index (χ3v) is 7.25. The van der Waals surface area contributed by atoms with Crippen LogP contribution in [0, 0.1) is 6.92 Å². The van der Waals surface area contributed by atoms with E-state index in [1.54, 1.807) is 23.1 Å². The van der Waals surface area contributed by atoms with Gasteiger partial charge in [0, 0.05) is 39.0 Å². The first-order chi connectivity index (χ1) is 16.4. The number of nitrogens with zero attached hydrogens (tertiary/aromatic N) is 1. The number of fused-ring (bicyclic) bond motifs is 1. The van der Waals surface area contributed by atoms with Gasteiger partial charge in [-0.2, -0.15) is 0 Å². The summed E-state index contributed by atoms with van der Waals surface area (Å²) in [6.45, 7) is 4.47. The second kappa shape index (κ2) is 10.7. The van der Waals surface area contributed by atoms with Crippen LogP contribution in [0.25, 0.3) is 0 Å². The van der Waals surface area contributed by atoms with Gasteiger partial charge in [0.15, 0.2) is 0 Å². The van der Waals surface area contributed by atoms with Crippen molar-refractivity contribution in [3.63, 3.8) is 0 Å². The maximum Gasteiger partial charge on any atom is 0.258 e. The predicted octanol–water partition coefficient (Wildman–Crippen LogP) is 6.22. The van der Waals surface area contributed by atoms with Crippen molar-refractivity contribution in [1.82, 2.24) is 0 Å². The molecule has 34 heavy (non-hydrogen) atoms. The number of alkyl halides is 1. The van der Waals surface area contributed by atoms with Crippen molar-refractivity contribution < 1.29 is 14.7 Å². The summed E-state index contributed by atoms with van der Waals surface area (Å²) < 4.78 is 0.849. The third kappa shape index (κ3) is 5.03.